The summed E-state index contributed by atoms with van der Waals surface area (Å²) >= 11 is 3.54. The number of benzene rings is 1. The molecule has 1 aliphatic rings. The molecule has 11 heavy (non-hydrogen) atoms. The van der Waals surface area contributed by atoms with Crippen LogP contribution in [0.2, 0.25) is 0 Å². The molecule has 58 valence electrons. The van der Waals surface area contributed by atoms with Crippen molar-refractivity contribution in [3.8, 4) is 0 Å². The Morgan fingerprint density at radius 1 is 1.00 bits per heavy atom. The maximum atomic E-state index is 3.54. The van der Waals surface area contributed by atoms with E-state index in [4.69, 9.17) is 0 Å². The molecule has 0 atom stereocenters. The minimum atomic E-state index is 1.21. The highest BCUT2D eigenvalue weighted by molar-refractivity contribution is 7.58. The first kappa shape index (κ1) is 7.23. The van der Waals surface area contributed by atoms with Crippen LogP contribution in [0, 0.1) is 0 Å². The van der Waals surface area contributed by atoms with Crippen molar-refractivity contribution in [3.05, 3.63) is 29.3 Å². The minimum Gasteiger partial charge on any atom is -0.0538 e. The summed E-state index contributed by atoms with van der Waals surface area (Å²) in [5.41, 5.74) is 3.10. The quantitative estimate of drug-likeness (QED) is 0.515. The molecule has 0 spiro atoms. The highest BCUT2D eigenvalue weighted by atomic mass is 32.1. The molecule has 0 aromatic heterocycles. The van der Waals surface area contributed by atoms with Crippen LogP contribution in [-0.2, 0) is 25.5 Å². The molecule has 0 saturated carbocycles. The summed E-state index contributed by atoms with van der Waals surface area (Å²) in [7, 11) is 0. The van der Waals surface area contributed by atoms with Crippen molar-refractivity contribution < 1.29 is 0 Å². The van der Waals surface area contributed by atoms with E-state index in [0.29, 0.717) is 0 Å². The van der Waals surface area contributed by atoms with Gasteiger partial charge in [0.2, 0.25) is 0 Å². The van der Waals surface area contributed by atoms with E-state index in [2.05, 4.69) is 30.8 Å². The molecule has 1 heteroatoms. The fourth-order valence-corrected chi connectivity index (χ4v) is 1.99. The van der Waals surface area contributed by atoms with Gasteiger partial charge in [-0.2, -0.15) is 0 Å². The largest absolute Gasteiger partial charge is 0.150 e. The third kappa shape index (κ3) is 1.43. The Morgan fingerprint density at radius 3 is 2.55 bits per heavy atom. The smallest absolute Gasteiger partial charge is 0.0538 e. The molecule has 1 aromatic rings. The Labute approximate surface area is 73.0 Å². The lowest BCUT2D eigenvalue weighted by Gasteiger charge is -2.13. The first-order chi connectivity index (χ1) is 5.36. The molecule has 0 radical (unpaired) electrons. The van der Waals surface area contributed by atoms with Gasteiger partial charge < -0.3 is 0 Å². The normalized spacial score (nSPS) is 16.1. The SMILES string of the molecule is [SH2+]c1ccc2c(c1)CCCC2. The third-order valence-electron chi connectivity index (χ3n) is 2.35. The fourth-order valence-electron chi connectivity index (χ4n) is 1.73. The predicted octanol–water partition coefficient (Wildman–Crippen LogP) is 1.94. The standard InChI is InChI=1S/C10H12S/c11-10-6-5-8-3-1-2-4-9(8)7-10/h5-7,11H,1-4H2/p+1. The van der Waals surface area contributed by atoms with Crippen molar-refractivity contribution in [2.45, 2.75) is 30.6 Å². The van der Waals surface area contributed by atoms with E-state index in [0.717, 1.165) is 0 Å². The molecule has 0 bridgehead atoms. The summed E-state index contributed by atoms with van der Waals surface area (Å²) < 4.78 is 0. The number of hydrogen-bond donors (Lipinski definition) is 0. The van der Waals surface area contributed by atoms with Crippen molar-refractivity contribution in [3.63, 3.8) is 0 Å². The molecule has 0 aliphatic heterocycles. The Kier molecular flexibility index (Phi) is 1.91. The zero-order valence-electron chi connectivity index (χ0n) is 6.56. The van der Waals surface area contributed by atoms with Gasteiger partial charge in [0.15, 0.2) is 4.90 Å². The molecule has 0 fully saturated rings. The Balaban J connectivity index is 2.43. The number of rotatable bonds is 0. The summed E-state index contributed by atoms with van der Waals surface area (Å²) in [6.07, 6.45) is 5.28. The molecule has 0 saturated heterocycles. The second kappa shape index (κ2) is 2.90. The topological polar surface area (TPSA) is 0 Å². The van der Waals surface area contributed by atoms with Crippen molar-refractivity contribution in [1.82, 2.24) is 0 Å². The van der Waals surface area contributed by atoms with E-state index < -0.39 is 0 Å². The van der Waals surface area contributed by atoms with Crippen LogP contribution in [0.3, 0.4) is 0 Å². The molecule has 0 heterocycles. The van der Waals surface area contributed by atoms with Crippen LogP contribution >= 0.6 is 0 Å². The summed E-state index contributed by atoms with van der Waals surface area (Å²) in [6, 6.07) is 6.64. The Bertz CT molecular complexity index is 266. The zero-order chi connectivity index (χ0) is 7.68. The molecule has 2 rings (SSSR count). The van der Waals surface area contributed by atoms with E-state index >= 15 is 0 Å². The van der Waals surface area contributed by atoms with E-state index in [1.165, 1.54) is 30.6 Å². The van der Waals surface area contributed by atoms with Crippen molar-refractivity contribution in [2.75, 3.05) is 0 Å². The minimum absolute atomic E-state index is 1.21. The van der Waals surface area contributed by atoms with Gasteiger partial charge in [0.1, 0.15) is 0 Å². The first-order valence-corrected chi connectivity index (χ1v) is 4.70. The Hall–Kier alpha value is -0.430. The first-order valence-electron chi connectivity index (χ1n) is 4.20. The predicted molar refractivity (Wildman–Crippen MR) is 51.5 cm³/mol. The van der Waals surface area contributed by atoms with Crippen molar-refractivity contribution in [1.29, 1.82) is 0 Å². The van der Waals surface area contributed by atoms with E-state index in [1.54, 1.807) is 11.1 Å². The van der Waals surface area contributed by atoms with Crippen molar-refractivity contribution in [2.24, 2.45) is 0 Å². The van der Waals surface area contributed by atoms with Gasteiger partial charge in [-0.15, -0.1) is 0 Å². The summed E-state index contributed by atoms with van der Waals surface area (Å²) in [4.78, 5) is 1.21. The van der Waals surface area contributed by atoms with Gasteiger partial charge in [0.25, 0.3) is 0 Å². The lowest BCUT2D eigenvalue weighted by Crippen LogP contribution is -2.01. The summed E-state index contributed by atoms with van der Waals surface area (Å²) in [5, 5.41) is 0. The van der Waals surface area contributed by atoms with Gasteiger partial charge >= 0.3 is 0 Å². The van der Waals surface area contributed by atoms with Gasteiger partial charge in [-0.05, 0) is 61.6 Å². The molecular weight excluding hydrogens is 152 g/mol. The highest BCUT2D eigenvalue weighted by Gasteiger charge is 2.09. The number of aryl methyl sites for hydroxylation is 2. The van der Waals surface area contributed by atoms with E-state index in [-0.39, 0.29) is 0 Å². The molecule has 0 nitrogen and oxygen atoms in total. The number of hydrogen-bond acceptors (Lipinski definition) is 0. The fraction of sp³-hybridized carbons (Fsp3) is 0.400. The van der Waals surface area contributed by atoms with E-state index in [1.807, 2.05) is 0 Å². The van der Waals surface area contributed by atoms with Crippen LogP contribution in [0.25, 0.3) is 0 Å². The monoisotopic (exact) mass is 165 g/mol. The lowest BCUT2D eigenvalue weighted by molar-refractivity contribution is 0.684. The average Bonchev–Trinajstić information content (AvgIpc) is 2.04. The van der Waals surface area contributed by atoms with Gasteiger partial charge in [0, 0.05) is 0 Å². The lowest BCUT2D eigenvalue weighted by atomic mass is 9.92. The second-order valence-corrected chi connectivity index (χ2v) is 3.77. The van der Waals surface area contributed by atoms with E-state index in [9.17, 15) is 0 Å². The molecular formula is C10H13S+. The maximum Gasteiger partial charge on any atom is 0.150 e. The maximum absolute atomic E-state index is 3.54. The van der Waals surface area contributed by atoms with Gasteiger partial charge in [0.05, 0.1) is 0 Å². The average molecular weight is 165 g/mol. The highest BCUT2D eigenvalue weighted by Crippen LogP contribution is 2.21. The van der Waals surface area contributed by atoms with Crippen LogP contribution in [0.5, 0.6) is 0 Å². The van der Waals surface area contributed by atoms with Crippen LogP contribution < -0.4 is 0 Å². The molecule has 0 N–H and O–H groups in total. The molecule has 0 amide bonds. The van der Waals surface area contributed by atoms with Gasteiger partial charge in [-0.25, -0.2) is 0 Å². The number of fused-ring (bicyclic) bond motifs is 1. The van der Waals surface area contributed by atoms with Gasteiger partial charge in [-0.1, -0.05) is 6.07 Å². The zero-order valence-corrected chi connectivity index (χ0v) is 7.56. The molecule has 0 unspecified atom stereocenters. The van der Waals surface area contributed by atoms with Crippen LogP contribution in [0.1, 0.15) is 24.0 Å². The van der Waals surface area contributed by atoms with Crippen LogP contribution in [-0.4, -0.2) is 0 Å². The van der Waals surface area contributed by atoms with Crippen LogP contribution in [0.4, 0.5) is 0 Å². The summed E-state index contributed by atoms with van der Waals surface area (Å²) in [6.45, 7) is 0. The molecule has 1 aliphatic carbocycles. The van der Waals surface area contributed by atoms with Crippen LogP contribution in [0.15, 0.2) is 23.1 Å². The molecule has 1 aromatic carbocycles. The van der Waals surface area contributed by atoms with Gasteiger partial charge in [-0.3, -0.25) is 0 Å². The van der Waals surface area contributed by atoms with Crippen molar-refractivity contribution >= 4 is 12.6 Å². The Morgan fingerprint density at radius 2 is 1.73 bits per heavy atom. The second-order valence-electron chi connectivity index (χ2n) is 3.19. The third-order valence-corrected chi connectivity index (χ3v) is 2.66. The summed E-state index contributed by atoms with van der Waals surface area (Å²) in [5.74, 6) is 0.